The van der Waals surface area contributed by atoms with E-state index in [9.17, 15) is 0 Å². The number of benzene rings is 3. The molecule has 3 aromatic carbocycles. The van der Waals surface area contributed by atoms with Crippen molar-refractivity contribution in [1.82, 2.24) is 9.88 Å². The Kier molecular flexibility index (Phi) is 6.77. The molecule has 0 bridgehead atoms. The standard InChI is InChI=1S/C25H28N2.ClH/c1-3-10-23(20-11-6-5-7-12-20)26-18-19-15-16-25-22(17-19)21-13-8-9-14-24(21)27(25)4-2;/h5-9,11-17,23,26H,3-4,10,18H2,1-2H3;1H. The van der Waals surface area contributed by atoms with Crippen LogP contribution in [0.25, 0.3) is 21.8 Å². The van der Waals surface area contributed by atoms with Crippen LogP contribution in [-0.4, -0.2) is 4.57 Å². The quantitative estimate of drug-likeness (QED) is 0.363. The number of nitrogens with one attached hydrogen (secondary N) is 1. The lowest BCUT2D eigenvalue weighted by Gasteiger charge is -2.19. The molecular weight excluding hydrogens is 364 g/mol. The van der Waals surface area contributed by atoms with Crippen LogP contribution in [-0.2, 0) is 13.1 Å². The van der Waals surface area contributed by atoms with Gasteiger partial charge in [-0.25, -0.2) is 0 Å². The van der Waals surface area contributed by atoms with Gasteiger partial charge in [0.05, 0.1) is 0 Å². The van der Waals surface area contributed by atoms with Gasteiger partial charge >= 0.3 is 0 Å². The number of aromatic nitrogens is 1. The second-order valence-corrected chi connectivity index (χ2v) is 7.25. The lowest BCUT2D eigenvalue weighted by atomic mass is 10.0. The van der Waals surface area contributed by atoms with Crippen LogP contribution in [0.4, 0.5) is 0 Å². The maximum absolute atomic E-state index is 3.78. The summed E-state index contributed by atoms with van der Waals surface area (Å²) in [4.78, 5) is 0. The normalized spacial score (nSPS) is 12.2. The Morgan fingerprint density at radius 1 is 0.821 bits per heavy atom. The zero-order valence-electron chi connectivity index (χ0n) is 16.7. The van der Waals surface area contributed by atoms with Gasteiger partial charge in [0, 0.05) is 40.9 Å². The van der Waals surface area contributed by atoms with E-state index in [1.807, 2.05) is 0 Å². The van der Waals surface area contributed by atoms with Crippen molar-refractivity contribution in [2.45, 2.75) is 45.8 Å². The van der Waals surface area contributed by atoms with E-state index in [1.165, 1.54) is 39.4 Å². The molecule has 1 atom stereocenters. The summed E-state index contributed by atoms with van der Waals surface area (Å²) in [5.41, 5.74) is 5.38. The SMILES string of the molecule is CCCC(NCc1ccc2c(c1)c1ccccc1n2CC)c1ccccc1.Cl. The number of hydrogen-bond donors (Lipinski definition) is 1. The molecule has 4 aromatic rings. The maximum atomic E-state index is 3.78. The first-order valence-electron chi connectivity index (χ1n) is 10.1. The smallest absolute Gasteiger partial charge is 0.0491 e. The fraction of sp³-hybridized carbons (Fsp3) is 0.280. The van der Waals surface area contributed by atoms with Gasteiger partial charge in [-0.15, -0.1) is 12.4 Å². The number of para-hydroxylation sites is 1. The van der Waals surface area contributed by atoms with Crippen LogP contribution in [0.15, 0.2) is 72.8 Å². The highest BCUT2D eigenvalue weighted by Crippen LogP contribution is 2.30. The summed E-state index contributed by atoms with van der Waals surface area (Å²) in [6.45, 7) is 6.36. The molecule has 0 fully saturated rings. The van der Waals surface area contributed by atoms with Gasteiger partial charge in [-0.1, -0.05) is 67.9 Å². The minimum Gasteiger partial charge on any atom is -0.341 e. The minimum atomic E-state index is 0. The van der Waals surface area contributed by atoms with E-state index < -0.39 is 0 Å². The summed E-state index contributed by atoms with van der Waals surface area (Å²) in [5.74, 6) is 0. The molecule has 4 rings (SSSR count). The molecule has 1 aromatic heterocycles. The van der Waals surface area contributed by atoms with Crippen LogP contribution >= 0.6 is 12.4 Å². The van der Waals surface area contributed by atoms with Crippen molar-refractivity contribution in [1.29, 1.82) is 0 Å². The predicted octanol–water partition coefficient (Wildman–Crippen LogP) is 6.87. The Bertz CT molecular complexity index is 1040. The molecule has 0 saturated carbocycles. The lowest BCUT2D eigenvalue weighted by Crippen LogP contribution is -2.20. The predicted molar refractivity (Wildman–Crippen MR) is 123 cm³/mol. The van der Waals surface area contributed by atoms with E-state index in [-0.39, 0.29) is 12.4 Å². The average molecular weight is 393 g/mol. The highest BCUT2D eigenvalue weighted by atomic mass is 35.5. The lowest BCUT2D eigenvalue weighted by molar-refractivity contribution is 0.494. The number of rotatable bonds is 7. The molecule has 1 N–H and O–H groups in total. The third-order valence-electron chi connectivity index (χ3n) is 5.48. The molecule has 0 radical (unpaired) electrons. The average Bonchev–Trinajstić information content (AvgIpc) is 3.05. The van der Waals surface area contributed by atoms with E-state index in [2.05, 4.69) is 96.5 Å². The van der Waals surface area contributed by atoms with Crippen LogP contribution < -0.4 is 5.32 Å². The first-order chi connectivity index (χ1) is 13.3. The van der Waals surface area contributed by atoms with E-state index in [1.54, 1.807) is 0 Å². The molecule has 0 aliphatic rings. The van der Waals surface area contributed by atoms with Gasteiger partial charge in [0.25, 0.3) is 0 Å². The van der Waals surface area contributed by atoms with E-state index >= 15 is 0 Å². The number of aryl methyl sites for hydroxylation is 1. The Morgan fingerprint density at radius 2 is 1.54 bits per heavy atom. The summed E-state index contributed by atoms with van der Waals surface area (Å²) < 4.78 is 2.41. The van der Waals surface area contributed by atoms with Crippen molar-refractivity contribution >= 4 is 34.2 Å². The first-order valence-corrected chi connectivity index (χ1v) is 10.1. The van der Waals surface area contributed by atoms with Gasteiger partial charge in [0.15, 0.2) is 0 Å². The second kappa shape index (κ2) is 9.27. The Balaban J connectivity index is 0.00000225. The van der Waals surface area contributed by atoms with Gasteiger partial charge in [0.2, 0.25) is 0 Å². The molecule has 0 spiro atoms. The first kappa shape index (κ1) is 20.4. The highest BCUT2D eigenvalue weighted by molar-refractivity contribution is 6.08. The molecule has 0 aliphatic carbocycles. The molecule has 146 valence electrons. The fourth-order valence-electron chi connectivity index (χ4n) is 4.15. The summed E-state index contributed by atoms with van der Waals surface area (Å²) in [6.07, 6.45) is 2.33. The van der Waals surface area contributed by atoms with Gasteiger partial charge < -0.3 is 9.88 Å². The zero-order valence-corrected chi connectivity index (χ0v) is 17.5. The summed E-state index contributed by atoms with van der Waals surface area (Å²) in [5, 5.41) is 6.49. The molecule has 0 aliphatic heterocycles. The minimum absolute atomic E-state index is 0. The largest absolute Gasteiger partial charge is 0.341 e. The van der Waals surface area contributed by atoms with E-state index in [0.29, 0.717) is 6.04 Å². The summed E-state index contributed by atoms with van der Waals surface area (Å²) in [6, 6.07) is 26.9. The highest BCUT2D eigenvalue weighted by Gasteiger charge is 2.12. The number of nitrogens with zero attached hydrogens (tertiary/aromatic N) is 1. The van der Waals surface area contributed by atoms with Crippen LogP contribution in [0.3, 0.4) is 0 Å². The van der Waals surface area contributed by atoms with Crippen molar-refractivity contribution in [3.05, 3.63) is 83.9 Å². The van der Waals surface area contributed by atoms with Gasteiger partial charge in [-0.3, -0.25) is 0 Å². The molecule has 0 amide bonds. The van der Waals surface area contributed by atoms with E-state index in [4.69, 9.17) is 0 Å². The van der Waals surface area contributed by atoms with Gasteiger partial charge in [0.1, 0.15) is 0 Å². The van der Waals surface area contributed by atoms with Gasteiger partial charge in [-0.2, -0.15) is 0 Å². The van der Waals surface area contributed by atoms with Crippen molar-refractivity contribution in [3.8, 4) is 0 Å². The van der Waals surface area contributed by atoms with Crippen molar-refractivity contribution < 1.29 is 0 Å². The van der Waals surface area contributed by atoms with Crippen LogP contribution in [0.1, 0.15) is 43.9 Å². The molecule has 3 heteroatoms. The Morgan fingerprint density at radius 3 is 2.29 bits per heavy atom. The van der Waals surface area contributed by atoms with Crippen LogP contribution in [0.2, 0.25) is 0 Å². The summed E-state index contributed by atoms with van der Waals surface area (Å²) in [7, 11) is 0. The fourth-order valence-corrected chi connectivity index (χ4v) is 4.15. The summed E-state index contributed by atoms with van der Waals surface area (Å²) >= 11 is 0. The Labute approximate surface area is 174 Å². The zero-order chi connectivity index (χ0) is 18.6. The molecule has 1 unspecified atom stereocenters. The van der Waals surface area contributed by atoms with Crippen LogP contribution in [0.5, 0.6) is 0 Å². The molecule has 0 saturated heterocycles. The van der Waals surface area contributed by atoms with E-state index in [0.717, 1.165) is 19.5 Å². The van der Waals surface area contributed by atoms with Gasteiger partial charge in [-0.05, 0) is 42.7 Å². The molecule has 28 heavy (non-hydrogen) atoms. The maximum Gasteiger partial charge on any atom is 0.0491 e. The van der Waals surface area contributed by atoms with Crippen molar-refractivity contribution in [2.24, 2.45) is 0 Å². The second-order valence-electron chi connectivity index (χ2n) is 7.25. The number of hydrogen-bond acceptors (Lipinski definition) is 1. The molecular formula is C25H29ClN2. The van der Waals surface area contributed by atoms with Crippen molar-refractivity contribution in [2.75, 3.05) is 0 Å². The Hall–Kier alpha value is -2.29. The third kappa shape index (κ3) is 3.94. The molecule has 1 heterocycles. The monoisotopic (exact) mass is 392 g/mol. The number of halogens is 1. The van der Waals surface area contributed by atoms with Crippen LogP contribution in [0, 0.1) is 0 Å². The topological polar surface area (TPSA) is 17.0 Å². The third-order valence-corrected chi connectivity index (χ3v) is 5.48. The molecule has 2 nitrogen and oxygen atoms in total. The van der Waals surface area contributed by atoms with Crippen molar-refractivity contribution in [3.63, 3.8) is 0 Å². The number of fused-ring (bicyclic) bond motifs is 3.